The van der Waals surface area contributed by atoms with Crippen LogP contribution >= 0.6 is 0 Å². The Morgan fingerprint density at radius 1 is 1.14 bits per heavy atom. The quantitative estimate of drug-likeness (QED) is 0.477. The molecule has 2 aromatic carbocycles. The first-order valence-electron chi connectivity index (χ1n) is 9.69. The van der Waals surface area contributed by atoms with Gasteiger partial charge in [0.05, 0.1) is 16.6 Å². The van der Waals surface area contributed by atoms with Crippen molar-refractivity contribution in [1.82, 2.24) is 19.9 Å². The predicted octanol–water partition coefficient (Wildman–Crippen LogP) is 4.47. The van der Waals surface area contributed by atoms with Crippen LogP contribution in [-0.2, 0) is 6.42 Å². The number of hydrogen-bond acceptors (Lipinski definition) is 2. The zero-order chi connectivity index (χ0) is 20.4. The molecular weight excluding hydrogens is 367 g/mol. The smallest absolute Gasteiger partial charge is 0.253 e. The molecule has 148 valence electrons. The van der Waals surface area contributed by atoms with Gasteiger partial charge in [0.2, 0.25) is 0 Å². The lowest BCUT2D eigenvalue weighted by Gasteiger charge is -2.10. The van der Waals surface area contributed by atoms with Crippen LogP contribution in [0.25, 0.3) is 16.7 Å². The molecule has 0 spiro atoms. The number of para-hydroxylation sites is 2. The molecule has 0 bridgehead atoms. The van der Waals surface area contributed by atoms with Gasteiger partial charge in [0.15, 0.2) is 0 Å². The second-order valence-corrected chi connectivity index (χ2v) is 7.16. The van der Waals surface area contributed by atoms with E-state index in [0.29, 0.717) is 12.1 Å². The van der Waals surface area contributed by atoms with Crippen LogP contribution in [0.15, 0.2) is 54.6 Å². The first-order chi connectivity index (χ1) is 14.0. The summed E-state index contributed by atoms with van der Waals surface area (Å²) >= 11 is 0. The fourth-order valence-electron chi connectivity index (χ4n) is 3.66. The number of carbonyl (C=O) groups is 1. The number of fused-ring (bicyclic) bond motifs is 1. The average molecular weight is 390 g/mol. The van der Waals surface area contributed by atoms with Gasteiger partial charge in [-0.3, -0.25) is 4.79 Å². The van der Waals surface area contributed by atoms with Crippen LogP contribution in [0.1, 0.15) is 34.0 Å². The number of rotatable bonds is 6. The van der Waals surface area contributed by atoms with Crippen LogP contribution < -0.4 is 5.32 Å². The van der Waals surface area contributed by atoms with Gasteiger partial charge in [0.25, 0.3) is 5.91 Å². The van der Waals surface area contributed by atoms with Crippen molar-refractivity contribution in [3.63, 3.8) is 0 Å². The summed E-state index contributed by atoms with van der Waals surface area (Å²) in [6, 6.07) is 16.1. The van der Waals surface area contributed by atoms with E-state index in [1.54, 1.807) is 12.1 Å². The average Bonchev–Trinajstić information content (AvgIpc) is 3.26. The lowest BCUT2D eigenvalue weighted by Crippen LogP contribution is -2.25. The lowest BCUT2D eigenvalue weighted by atomic mass is 10.2. The minimum absolute atomic E-state index is 0.101. The van der Waals surface area contributed by atoms with E-state index in [1.807, 2.05) is 48.7 Å². The monoisotopic (exact) mass is 390 g/mol. The third-order valence-electron chi connectivity index (χ3n) is 5.07. The van der Waals surface area contributed by atoms with Crippen LogP contribution in [0.2, 0.25) is 0 Å². The topological polar surface area (TPSA) is 62.7 Å². The summed E-state index contributed by atoms with van der Waals surface area (Å²) in [5, 5.41) is 2.99. The fraction of sp³-hybridized carbons (Fsp3) is 0.217. The maximum atomic E-state index is 13.2. The zero-order valence-electron chi connectivity index (χ0n) is 16.5. The van der Waals surface area contributed by atoms with Gasteiger partial charge in [0.1, 0.15) is 11.6 Å². The van der Waals surface area contributed by atoms with Crippen molar-refractivity contribution in [3.05, 3.63) is 83.2 Å². The number of nitrogens with one attached hydrogen (secondary N) is 2. The summed E-state index contributed by atoms with van der Waals surface area (Å²) in [7, 11) is 0. The van der Waals surface area contributed by atoms with Gasteiger partial charge < -0.3 is 14.9 Å². The molecule has 2 aromatic heterocycles. The number of hydrogen-bond donors (Lipinski definition) is 2. The van der Waals surface area contributed by atoms with Crippen LogP contribution in [0.3, 0.4) is 0 Å². The van der Waals surface area contributed by atoms with Gasteiger partial charge in [-0.2, -0.15) is 0 Å². The number of H-pyrrole nitrogens is 1. The molecule has 0 saturated heterocycles. The molecule has 0 unspecified atom stereocenters. The molecule has 4 aromatic rings. The molecule has 4 rings (SSSR count). The van der Waals surface area contributed by atoms with Crippen molar-refractivity contribution in [2.75, 3.05) is 6.54 Å². The molecule has 1 amide bonds. The normalized spacial score (nSPS) is 11.1. The molecule has 2 heterocycles. The standard InChI is InChI=1S/C23H23FN4O/c1-15-14-19(16(2)28(15)18-11-9-17(24)10-12-18)23(29)25-13-5-8-22-26-20-6-3-4-7-21(20)27-22/h3-4,6-7,9-12,14H,5,8,13H2,1-2H3,(H,25,29)(H,26,27). The first-order valence-corrected chi connectivity index (χ1v) is 9.69. The molecule has 6 heteroatoms. The molecule has 0 fully saturated rings. The van der Waals surface area contributed by atoms with Gasteiger partial charge in [-0.05, 0) is 62.7 Å². The Labute approximate surface area is 168 Å². The fourth-order valence-corrected chi connectivity index (χ4v) is 3.66. The maximum Gasteiger partial charge on any atom is 0.253 e. The first kappa shape index (κ1) is 18.9. The Morgan fingerprint density at radius 3 is 2.66 bits per heavy atom. The highest BCUT2D eigenvalue weighted by atomic mass is 19.1. The summed E-state index contributed by atoms with van der Waals surface area (Å²) in [6.45, 7) is 4.41. The Kier molecular flexibility index (Phi) is 5.16. The van der Waals surface area contributed by atoms with E-state index in [-0.39, 0.29) is 11.7 Å². The SMILES string of the molecule is Cc1cc(C(=O)NCCCc2nc3ccccc3[nH]2)c(C)n1-c1ccc(F)cc1. The molecule has 5 nitrogen and oxygen atoms in total. The van der Waals surface area contributed by atoms with E-state index in [9.17, 15) is 9.18 Å². The second kappa shape index (κ2) is 7.91. The van der Waals surface area contributed by atoms with Gasteiger partial charge in [0, 0.05) is 30.0 Å². The van der Waals surface area contributed by atoms with Crippen LogP contribution in [0.5, 0.6) is 0 Å². The minimum atomic E-state index is -0.279. The summed E-state index contributed by atoms with van der Waals surface area (Å²) in [6.07, 6.45) is 1.56. The summed E-state index contributed by atoms with van der Waals surface area (Å²) in [5.74, 6) is 0.546. The van der Waals surface area contributed by atoms with Gasteiger partial charge in [-0.25, -0.2) is 9.37 Å². The molecule has 0 aliphatic rings. The van der Waals surface area contributed by atoms with Gasteiger partial charge >= 0.3 is 0 Å². The van der Waals surface area contributed by atoms with E-state index in [4.69, 9.17) is 0 Å². The number of carbonyl (C=O) groups excluding carboxylic acids is 1. The largest absolute Gasteiger partial charge is 0.352 e. The van der Waals surface area contributed by atoms with Crippen molar-refractivity contribution in [1.29, 1.82) is 0 Å². The summed E-state index contributed by atoms with van der Waals surface area (Å²) in [4.78, 5) is 20.5. The molecular formula is C23H23FN4O. The number of halogens is 1. The number of aromatic amines is 1. The van der Waals surface area contributed by atoms with Crippen molar-refractivity contribution >= 4 is 16.9 Å². The van der Waals surface area contributed by atoms with Crippen molar-refractivity contribution in [2.45, 2.75) is 26.7 Å². The number of aromatic nitrogens is 3. The van der Waals surface area contributed by atoms with Crippen LogP contribution in [0, 0.1) is 19.7 Å². The van der Waals surface area contributed by atoms with Crippen molar-refractivity contribution in [3.8, 4) is 5.69 Å². The highest BCUT2D eigenvalue weighted by Crippen LogP contribution is 2.21. The van der Waals surface area contributed by atoms with E-state index in [0.717, 1.165) is 46.8 Å². The molecule has 29 heavy (non-hydrogen) atoms. The third kappa shape index (κ3) is 3.92. The van der Waals surface area contributed by atoms with Crippen molar-refractivity contribution in [2.24, 2.45) is 0 Å². The highest BCUT2D eigenvalue weighted by Gasteiger charge is 2.16. The summed E-state index contributed by atoms with van der Waals surface area (Å²) < 4.78 is 15.2. The lowest BCUT2D eigenvalue weighted by molar-refractivity contribution is 0.0952. The van der Waals surface area contributed by atoms with Crippen LogP contribution in [-0.4, -0.2) is 27.0 Å². The Bertz CT molecular complexity index is 1120. The molecule has 2 N–H and O–H groups in total. The van der Waals surface area contributed by atoms with Gasteiger partial charge in [-0.15, -0.1) is 0 Å². The Hall–Kier alpha value is -3.41. The zero-order valence-corrected chi connectivity index (χ0v) is 16.5. The molecule has 0 atom stereocenters. The number of imidazole rings is 1. The maximum absolute atomic E-state index is 13.2. The van der Waals surface area contributed by atoms with E-state index < -0.39 is 0 Å². The molecule has 0 radical (unpaired) electrons. The second-order valence-electron chi connectivity index (χ2n) is 7.16. The van der Waals surface area contributed by atoms with Crippen molar-refractivity contribution < 1.29 is 9.18 Å². The Balaban J connectivity index is 1.38. The third-order valence-corrected chi connectivity index (χ3v) is 5.07. The van der Waals surface area contributed by atoms with E-state index in [1.165, 1.54) is 12.1 Å². The number of amides is 1. The summed E-state index contributed by atoms with van der Waals surface area (Å²) in [5.41, 5.74) is 5.23. The Morgan fingerprint density at radius 2 is 1.90 bits per heavy atom. The van der Waals surface area contributed by atoms with E-state index in [2.05, 4.69) is 15.3 Å². The minimum Gasteiger partial charge on any atom is -0.352 e. The predicted molar refractivity (Wildman–Crippen MR) is 112 cm³/mol. The molecule has 0 aliphatic carbocycles. The number of aryl methyl sites for hydroxylation is 2. The van der Waals surface area contributed by atoms with Gasteiger partial charge in [-0.1, -0.05) is 12.1 Å². The van der Waals surface area contributed by atoms with E-state index >= 15 is 0 Å². The number of nitrogens with zero attached hydrogens (tertiary/aromatic N) is 2. The number of benzene rings is 2. The molecule has 0 saturated carbocycles. The highest BCUT2D eigenvalue weighted by molar-refractivity contribution is 5.95. The molecule has 0 aliphatic heterocycles. The van der Waals surface area contributed by atoms with Crippen LogP contribution in [0.4, 0.5) is 4.39 Å².